The Hall–Kier alpha value is -2.60. The number of aromatic carboxylic acids is 1. The quantitative estimate of drug-likeness (QED) is 0.658. The molecule has 0 heterocycles. The van der Waals surface area contributed by atoms with E-state index in [4.69, 9.17) is 16.7 Å². The maximum Gasteiger partial charge on any atom is 0.338 e. The van der Waals surface area contributed by atoms with Gasteiger partial charge in [0.25, 0.3) is 5.69 Å². The van der Waals surface area contributed by atoms with Gasteiger partial charge in [-0.1, -0.05) is 23.7 Å². The molecule has 2 aromatic carbocycles. The van der Waals surface area contributed by atoms with Gasteiger partial charge < -0.3 is 10.4 Å². The van der Waals surface area contributed by atoms with Crippen molar-refractivity contribution in [3.63, 3.8) is 0 Å². The molecule has 0 radical (unpaired) electrons. The molecule has 21 heavy (non-hydrogen) atoms. The van der Waals surface area contributed by atoms with Crippen LogP contribution < -0.4 is 5.32 Å². The van der Waals surface area contributed by atoms with E-state index >= 15 is 0 Å². The van der Waals surface area contributed by atoms with Gasteiger partial charge in [0.05, 0.1) is 21.2 Å². The number of hydrogen-bond donors (Lipinski definition) is 2. The van der Waals surface area contributed by atoms with Gasteiger partial charge in [-0.3, -0.25) is 10.1 Å². The molecule has 0 aliphatic rings. The monoisotopic (exact) mass is 306 g/mol. The molecule has 0 saturated carbocycles. The lowest BCUT2D eigenvalue weighted by atomic mass is 10.1. The fraction of sp³-hybridized carbons (Fsp3) is 0.0714. The molecule has 0 unspecified atom stereocenters. The number of carboxylic acid groups (broad SMARTS) is 1. The van der Waals surface area contributed by atoms with E-state index in [2.05, 4.69) is 5.32 Å². The summed E-state index contributed by atoms with van der Waals surface area (Å²) >= 11 is 6.06. The van der Waals surface area contributed by atoms with E-state index in [0.717, 1.165) is 5.56 Å². The second kappa shape index (κ2) is 5.80. The van der Waals surface area contributed by atoms with Crippen molar-refractivity contribution in [1.29, 1.82) is 0 Å². The summed E-state index contributed by atoms with van der Waals surface area (Å²) in [6.07, 6.45) is 0. The summed E-state index contributed by atoms with van der Waals surface area (Å²) in [5.74, 6) is -1.26. The third-order valence-electron chi connectivity index (χ3n) is 2.85. The zero-order valence-corrected chi connectivity index (χ0v) is 11.7. The molecule has 7 heteroatoms. The summed E-state index contributed by atoms with van der Waals surface area (Å²) in [4.78, 5) is 21.7. The van der Waals surface area contributed by atoms with Crippen LogP contribution in [0.4, 0.5) is 17.1 Å². The topological polar surface area (TPSA) is 92.5 Å². The maximum atomic E-state index is 11.2. The predicted molar refractivity (Wildman–Crippen MR) is 79.5 cm³/mol. The molecule has 0 atom stereocenters. The Balaban J connectivity index is 2.56. The van der Waals surface area contributed by atoms with Gasteiger partial charge in [0.2, 0.25) is 0 Å². The maximum absolute atomic E-state index is 11.2. The molecule has 0 aliphatic heterocycles. The molecule has 0 saturated heterocycles. The van der Waals surface area contributed by atoms with Crippen molar-refractivity contribution >= 4 is 34.6 Å². The number of benzene rings is 2. The SMILES string of the molecule is Cc1ccc(Nc2c(C(=O)O)cccc2[N+](=O)[O-])c(Cl)c1. The van der Waals surface area contributed by atoms with Crippen LogP contribution in [0.15, 0.2) is 36.4 Å². The molecule has 0 bridgehead atoms. The third kappa shape index (κ3) is 3.11. The van der Waals surface area contributed by atoms with Gasteiger partial charge in [0.1, 0.15) is 5.69 Å². The smallest absolute Gasteiger partial charge is 0.338 e. The van der Waals surface area contributed by atoms with Crippen molar-refractivity contribution in [2.75, 3.05) is 5.32 Å². The molecule has 108 valence electrons. The lowest BCUT2D eigenvalue weighted by Crippen LogP contribution is -2.06. The molecule has 2 rings (SSSR count). The van der Waals surface area contributed by atoms with Gasteiger partial charge >= 0.3 is 5.97 Å². The summed E-state index contributed by atoms with van der Waals surface area (Å²) in [5.41, 5.74) is 0.707. The zero-order valence-electron chi connectivity index (χ0n) is 11.0. The van der Waals surface area contributed by atoms with Gasteiger partial charge in [-0.2, -0.15) is 0 Å². The average molecular weight is 307 g/mol. The first-order valence-corrected chi connectivity index (χ1v) is 6.32. The molecular weight excluding hydrogens is 296 g/mol. The van der Waals surface area contributed by atoms with Crippen molar-refractivity contribution in [2.45, 2.75) is 6.92 Å². The minimum absolute atomic E-state index is 0.0965. The number of rotatable bonds is 4. The Bertz CT molecular complexity index is 699. The highest BCUT2D eigenvalue weighted by Gasteiger charge is 2.22. The highest BCUT2D eigenvalue weighted by Crippen LogP contribution is 2.34. The number of aryl methyl sites for hydroxylation is 1. The van der Waals surface area contributed by atoms with Crippen LogP contribution in [-0.2, 0) is 0 Å². The van der Waals surface area contributed by atoms with Crippen LogP contribution in [0, 0.1) is 17.0 Å². The Morgan fingerprint density at radius 3 is 2.62 bits per heavy atom. The number of anilines is 2. The normalized spacial score (nSPS) is 10.2. The van der Waals surface area contributed by atoms with Gasteiger partial charge in [0.15, 0.2) is 0 Å². The summed E-state index contributed by atoms with van der Waals surface area (Å²) in [6.45, 7) is 1.85. The van der Waals surface area contributed by atoms with Crippen molar-refractivity contribution in [1.82, 2.24) is 0 Å². The Morgan fingerprint density at radius 1 is 1.33 bits per heavy atom. The summed E-state index contributed by atoms with van der Waals surface area (Å²) in [5, 5.41) is 23.3. The van der Waals surface area contributed by atoms with E-state index in [1.54, 1.807) is 18.2 Å². The summed E-state index contributed by atoms with van der Waals surface area (Å²) < 4.78 is 0. The number of nitro benzene ring substituents is 1. The van der Waals surface area contributed by atoms with Gasteiger partial charge in [-0.15, -0.1) is 0 Å². The van der Waals surface area contributed by atoms with Crippen LogP contribution in [-0.4, -0.2) is 16.0 Å². The molecule has 2 aromatic rings. The molecule has 0 aliphatic carbocycles. The first-order chi connectivity index (χ1) is 9.90. The fourth-order valence-corrected chi connectivity index (χ4v) is 2.14. The number of halogens is 1. The molecular formula is C14H11ClN2O4. The second-order valence-electron chi connectivity index (χ2n) is 4.37. The number of hydrogen-bond acceptors (Lipinski definition) is 4. The van der Waals surface area contributed by atoms with Crippen LogP contribution in [0.2, 0.25) is 5.02 Å². The largest absolute Gasteiger partial charge is 0.478 e. The van der Waals surface area contributed by atoms with E-state index in [1.807, 2.05) is 6.92 Å². The van der Waals surface area contributed by atoms with E-state index in [0.29, 0.717) is 10.7 Å². The van der Waals surface area contributed by atoms with Crippen molar-refractivity contribution in [3.05, 3.63) is 62.7 Å². The highest BCUT2D eigenvalue weighted by molar-refractivity contribution is 6.33. The highest BCUT2D eigenvalue weighted by atomic mass is 35.5. The van der Waals surface area contributed by atoms with Crippen LogP contribution in [0.1, 0.15) is 15.9 Å². The van der Waals surface area contributed by atoms with Crippen molar-refractivity contribution in [2.24, 2.45) is 0 Å². The average Bonchev–Trinajstić information content (AvgIpc) is 2.41. The lowest BCUT2D eigenvalue weighted by Gasteiger charge is -2.11. The minimum atomic E-state index is -1.26. The van der Waals surface area contributed by atoms with Crippen LogP contribution in [0.25, 0.3) is 0 Å². The molecule has 6 nitrogen and oxygen atoms in total. The third-order valence-corrected chi connectivity index (χ3v) is 3.17. The van der Waals surface area contributed by atoms with Crippen LogP contribution in [0.5, 0.6) is 0 Å². The fourth-order valence-electron chi connectivity index (χ4n) is 1.86. The van der Waals surface area contributed by atoms with Crippen molar-refractivity contribution in [3.8, 4) is 0 Å². The van der Waals surface area contributed by atoms with Gasteiger partial charge in [0, 0.05) is 6.07 Å². The first kappa shape index (κ1) is 14.8. The Morgan fingerprint density at radius 2 is 2.05 bits per heavy atom. The Kier molecular flexibility index (Phi) is 4.09. The molecule has 2 N–H and O–H groups in total. The summed E-state index contributed by atoms with van der Waals surface area (Å²) in [7, 11) is 0. The van der Waals surface area contributed by atoms with E-state index in [1.165, 1.54) is 18.2 Å². The molecule has 0 fully saturated rings. The Labute approximate surface area is 125 Å². The van der Waals surface area contributed by atoms with E-state index in [-0.39, 0.29) is 16.9 Å². The number of nitrogens with one attached hydrogen (secondary N) is 1. The number of carboxylic acids is 1. The lowest BCUT2D eigenvalue weighted by molar-refractivity contribution is -0.383. The van der Waals surface area contributed by atoms with E-state index < -0.39 is 10.9 Å². The van der Waals surface area contributed by atoms with Gasteiger partial charge in [-0.05, 0) is 30.7 Å². The number of nitrogens with zero attached hydrogens (tertiary/aromatic N) is 1. The predicted octanol–water partition coefficient (Wildman–Crippen LogP) is 4.00. The number of carbonyl (C=O) groups is 1. The van der Waals surface area contributed by atoms with E-state index in [9.17, 15) is 14.9 Å². The number of nitro groups is 1. The minimum Gasteiger partial charge on any atom is -0.478 e. The molecule has 0 aromatic heterocycles. The standard InChI is InChI=1S/C14H11ClN2O4/c1-8-5-6-11(10(15)7-8)16-13-9(14(18)19)3-2-4-12(13)17(20)21/h2-7,16H,1H3,(H,18,19). The molecule has 0 amide bonds. The summed E-state index contributed by atoms with van der Waals surface area (Å²) in [6, 6.07) is 8.93. The molecule has 0 spiro atoms. The van der Waals surface area contributed by atoms with Crippen LogP contribution >= 0.6 is 11.6 Å². The van der Waals surface area contributed by atoms with Gasteiger partial charge in [-0.25, -0.2) is 4.79 Å². The van der Waals surface area contributed by atoms with Crippen molar-refractivity contribution < 1.29 is 14.8 Å². The number of para-hydroxylation sites is 1. The second-order valence-corrected chi connectivity index (χ2v) is 4.78. The first-order valence-electron chi connectivity index (χ1n) is 5.94. The zero-order chi connectivity index (χ0) is 15.6. The van der Waals surface area contributed by atoms with Crippen LogP contribution in [0.3, 0.4) is 0 Å².